The number of fused-ring (bicyclic) bond motifs is 1. The van der Waals surface area contributed by atoms with Crippen LogP contribution in [0.4, 0.5) is 5.69 Å². The maximum absolute atomic E-state index is 13.7. The van der Waals surface area contributed by atoms with Crippen molar-refractivity contribution in [3.8, 4) is 5.75 Å². The lowest BCUT2D eigenvalue weighted by Crippen LogP contribution is -2.49. The van der Waals surface area contributed by atoms with Crippen molar-refractivity contribution >= 4 is 16.6 Å². The number of nitrogens with zero attached hydrogens (tertiary/aromatic N) is 6. The molecule has 3 heterocycles. The van der Waals surface area contributed by atoms with Crippen LogP contribution in [0.3, 0.4) is 0 Å². The van der Waals surface area contributed by atoms with Crippen LogP contribution >= 0.6 is 0 Å². The van der Waals surface area contributed by atoms with Gasteiger partial charge in [0.2, 0.25) is 0 Å². The second-order valence-electron chi connectivity index (χ2n) is 10.6. The number of pyridine rings is 1. The van der Waals surface area contributed by atoms with Gasteiger partial charge in [0.05, 0.1) is 24.4 Å². The summed E-state index contributed by atoms with van der Waals surface area (Å²) in [4.78, 5) is 21.6. The summed E-state index contributed by atoms with van der Waals surface area (Å²) in [6.07, 6.45) is 4.50. The minimum Gasteiger partial charge on any atom is -0.495 e. The monoisotopic (exact) mass is 513 g/mol. The molecule has 2 aromatic heterocycles. The number of ether oxygens (including phenoxy) is 1. The van der Waals surface area contributed by atoms with E-state index >= 15 is 0 Å². The predicted octanol–water partition coefficient (Wildman–Crippen LogP) is 4.17. The van der Waals surface area contributed by atoms with E-state index in [9.17, 15) is 4.79 Å². The number of hydrogen-bond donors (Lipinski definition) is 1. The standard InChI is InChI=1S/C29H35N7O2/c1-19-16-20(2)26-21(17-19)18-23(29(37)30-26)27(28-31-32-33-36(28)22-8-4-5-9-22)35-14-12-34(13-15-35)24-10-6-7-11-25(24)38-3/h6-7,10-11,16-18,22,27H,4-5,8-9,12-15H2,1-3H3,(H,30,37)/t27-/m1/s1. The van der Waals surface area contributed by atoms with Gasteiger partial charge in [-0.3, -0.25) is 9.69 Å². The second kappa shape index (κ2) is 10.2. The molecule has 9 nitrogen and oxygen atoms in total. The molecule has 0 unspecified atom stereocenters. The number of anilines is 1. The van der Waals surface area contributed by atoms with Crippen LogP contribution in [0.2, 0.25) is 0 Å². The zero-order valence-corrected chi connectivity index (χ0v) is 22.4. The summed E-state index contributed by atoms with van der Waals surface area (Å²) >= 11 is 0. The molecular weight excluding hydrogens is 478 g/mol. The highest BCUT2D eigenvalue weighted by atomic mass is 16.5. The molecule has 0 bridgehead atoms. The van der Waals surface area contributed by atoms with E-state index in [0.29, 0.717) is 5.56 Å². The Kier molecular flexibility index (Phi) is 6.61. The van der Waals surface area contributed by atoms with E-state index in [4.69, 9.17) is 4.74 Å². The van der Waals surface area contributed by atoms with Crippen LogP contribution in [-0.4, -0.2) is 63.4 Å². The number of rotatable bonds is 6. The van der Waals surface area contributed by atoms with E-state index < -0.39 is 0 Å². The number of piperazine rings is 1. The molecular formula is C29H35N7O2. The van der Waals surface area contributed by atoms with E-state index in [1.54, 1.807) is 7.11 Å². The van der Waals surface area contributed by atoms with Crippen molar-refractivity contribution < 1.29 is 4.74 Å². The lowest BCUT2D eigenvalue weighted by molar-refractivity contribution is 0.196. The van der Waals surface area contributed by atoms with E-state index in [1.807, 2.05) is 29.8 Å². The fraction of sp³-hybridized carbons (Fsp3) is 0.448. The zero-order valence-electron chi connectivity index (χ0n) is 22.4. The first-order chi connectivity index (χ1) is 18.5. The van der Waals surface area contributed by atoms with Crippen molar-refractivity contribution in [1.82, 2.24) is 30.1 Å². The molecule has 2 aliphatic rings. The number of nitrogens with one attached hydrogen (secondary N) is 1. The van der Waals surface area contributed by atoms with Gasteiger partial charge in [-0.2, -0.15) is 0 Å². The average Bonchev–Trinajstić information content (AvgIpc) is 3.63. The number of H-pyrrole nitrogens is 1. The number of hydrogen-bond acceptors (Lipinski definition) is 7. The summed E-state index contributed by atoms with van der Waals surface area (Å²) < 4.78 is 7.61. The smallest absolute Gasteiger partial charge is 0.253 e. The first-order valence-electron chi connectivity index (χ1n) is 13.6. The molecule has 0 radical (unpaired) electrons. The van der Waals surface area contributed by atoms with Crippen molar-refractivity contribution in [3.05, 3.63) is 75.3 Å². The Morgan fingerprint density at radius 1 is 1.03 bits per heavy atom. The van der Waals surface area contributed by atoms with Gasteiger partial charge < -0.3 is 14.6 Å². The Morgan fingerprint density at radius 3 is 2.55 bits per heavy atom. The van der Waals surface area contributed by atoms with Crippen LogP contribution in [0, 0.1) is 13.8 Å². The normalized spacial score (nSPS) is 17.8. The highest BCUT2D eigenvalue weighted by molar-refractivity contribution is 5.83. The molecule has 1 aliphatic heterocycles. The summed E-state index contributed by atoms with van der Waals surface area (Å²) in [5.74, 6) is 1.64. The summed E-state index contributed by atoms with van der Waals surface area (Å²) in [5.41, 5.74) is 4.84. The van der Waals surface area contributed by atoms with Crippen molar-refractivity contribution in [2.45, 2.75) is 51.6 Å². The minimum atomic E-state index is -0.334. The van der Waals surface area contributed by atoms with Gasteiger partial charge in [-0.15, -0.1) is 5.10 Å². The molecule has 2 fully saturated rings. The first-order valence-corrected chi connectivity index (χ1v) is 13.6. The van der Waals surface area contributed by atoms with Gasteiger partial charge in [0.25, 0.3) is 5.56 Å². The minimum absolute atomic E-state index is 0.0809. The molecule has 0 spiro atoms. The largest absolute Gasteiger partial charge is 0.495 e. The van der Waals surface area contributed by atoms with Crippen molar-refractivity contribution in [3.63, 3.8) is 0 Å². The molecule has 1 N–H and O–H groups in total. The number of methoxy groups -OCH3 is 1. The molecule has 6 rings (SSSR count). The molecule has 4 aromatic rings. The van der Waals surface area contributed by atoms with E-state index in [2.05, 4.69) is 61.5 Å². The molecule has 0 amide bonds. The zero-order chi connectivity index (χ0) is 26.2. The molecule has 2 aromatic carbocycles. The van der Waals surface area contributed by atoms with Crippen LogP contribution < -0.4 is 15.2 Å². The van der Waals surface area contributed by atoms with Crippen LogP contribution in [-0.2, 0) is 0 Å². The number of aryl methyl sites for hydroxylation is 2. The van der Waals surface area contributed by atoms with Gasteiger partial charge >= 0.3 is 0 Å². The van der Waals surface area contributed by atoms with E-state index in [-0.39, 0.29) is 17.6 Å². The summed E-state index contributed by atoms with van der Waals surface area (Å²) in [6.45, 7) is 7.29. The number of aromatic nitrogens is 5. The Bertz CT molecular complexity index is 1500. The van der Waals surface area contributed by atoms with Crippen LogP contribution in [0.1, 0.15) is 60.3 Å². The topological polar surface area (TPSA) is 92.2 Å². The number of aromatic amines is 1. The fourth-order valence-electron chi connectivity index (χ4n) is 6.31. The lowest BCUT2D eigenvalue weighted by Gasteiger charge is -2.40. The van der Waals surface area contributed by atoms with Gasteiger partial charge in [-0.25, -0.2) is 4.68 Å². The van der Waals surface area contributed by atoms with Gasteiger partial charge in [0.1, 0.15) is 11.8 Å². The van der Waals surface area contributed by atoms with Gasteiger partial charge in [-0.05, 0) is 72.3 Å². The number of tetrazole rings is 1. The van der Waals surface area contributed by atoms with Gasteiger partial charge in [0.15, 0.2) is 5.82 Å². The highest BCUT2D eigenvalue weighted by Gasteiger charge is 2.35. The van der Waals surface area contributed by atoms with Crippen molar-refractivity contribution in [2.24, 2.45) is 0 Å². The fourth-order valence-corrected chi connectivity index (χ4v) is 6.31. The van der Waals surface area contributed by atoms with Crippen LogP contribution in [0.25, 0.3) is 10.9 Å². The molecule has 198 valence electrons. The van der Waals surface area contributed by atoms with Gasteiger partial charge in [0, 0.05) is 31.7 Å². The Labute approximate surface area is 222 Å². The third kappa shape index (κ3) is 4.45. The summed E-state index contributed by atoms with van der Waals surface area (Å²) in [6, 6.07) is 14.4. The van der Waals surface area contributed by atoms with Crippen LogP contribution in [0.5, 0.6) is 5.75 Å². The maximum Gasteiger partial charge on any atom is 0.253 e. The predicted molar refractivity (Wildman–Crippen MR) is 148 cm³/mol. The Hall–Kier alpha value is -3.72. The molecule has 1 saturated heterocycles. The van der Waals surface area contributed by atoms with Crippen molar-refractivity contribution in [2.75, 3.05) is 38.2 Å². The highest BCUT2D eigenvalue weighted by Crippen LogP contribution is 2.35. The summed E-state index contributed by atoms with van der Waals surface area (Å²) in [7, 11) is 1.71. The first kappa shape index (κ1) is 24.6. The average molecular weight is 514 g/mol. The Balaban J connectivity index is 1.40. The summed E-state index contributed by atoms with van der Waals surface area (Å²) in [5, 5.41) is 14.1. The quantitative estimate of drug-likeness (QED) is 0.414. The van der Waals surface area contributed by atoms with Crippen LogP contribution in [0.15, 0.2) is 47.3 Å². The lowest BCUT2D eigenvalue weighted by atomic mass is 10.00. The third-order valence-electron chi connectivity index (χ3n) is 8.16. The second-order valence-corrected chi connectivity index (χ2v) is 10.6. The van der Waals surface area contributed by atoms with Crippen molar-refractivity contribution in [1.29, 1.82) is 0 Å². The molecule has 1 atom stereocenters. The molecule has 1 saturated carbocycles. The third-order valence-corrected chi connectivity index (χ3v) is 8.16. The number of para-hydroxylation sites is 2. The number of benzene rings is 2. The van der Waals surface area contributed by atoms with E-state index in [1.165, 1.54) is 18.4 Å². The van der Waals surface area contributed by atoms with E-state index in [0.717, 1.165) is 72.7 Å². The Morgan fingerprint density at radius 2 is 1.79 bits per heavy atom. The van der Waals surface area contributed by atoms with Gasteiger partial charge in [-0.1, -0.05) is 36.6 Å². The maximum atomic E-state index is 13.7. The SMILES string of the molecule is COc1ccccc1N1CCN([C@H](c2cc3cc(C)cc(C)c3[nH]c2=O)c2nnnn2C2CCCC2)CC1. The molecule has 1 aliphatic carbocycles. The molecule has 9 heteroatoms. The molecule has 38 heavy (non-hydrogen) atoms.